The van der Waals surface area contributed by atoms with Crippen LogP contribution < -0.4 is 0 Å². The van der Waals surface area contributed by atoms with E-state index in [1.807, 2.05) is 62.1 Å². The van der Waals surface area contributed by atoms with Gasteiger partial charge in [0.15, 0.2) is 0 Å². The summed E-state index contributed by atoms with van der Waals surface area (Å²) in [6.45, 7) is 7.37. The monoisotopic (exact) mass is 475 g/mol. The fraction of sp³-hybridized carbons (Fsp3) is 0.464. The number of hydrogen-bond acceptors (Lipinski definition) is 5. The molecule has 2 aliphatic heterocycles. The average Bonchev–Trinajstić information content (AvgIpc) is 3.30. The van der Waals surface area contributed by atoms with Crippen LogP contribution in [0.15, 0.2) is 48.5 Å². The molecule has 0 radical (unpaired) electrons. The second-order valence-electron chi connectivity index (χ2n) is 10.2. The van der Waals surface area contributed by atoms with Gasteiger partial charge < -0.3 is 14.4 Å². The van der Waals surface area contributed by atoms with Gasteiger partial charge in [-0.15, -0.1) is 0 Å². The first-order valence-corrected chi connectivity index (χ1v) is 12.2. The molecule has 1 saturated heterocycles. The Morgan fingerprint density at radius 1 is 1.06 bits per heavy atom. The maximum atomic E-state index is 13.8. The zero-order valence-corrected chi connectivity index (χ0v) is 20.7. The minimum atomic E-state index is -0.642. The molecule has 2 aromatic carbocycles. The number of benzene rings is 2. The van der Waals surface area contributed by atoms with Crippen molar-refractivity contribution < 1.29 is 19.1 Å². The van der Waals surface area contributed by atoms with Crippen LogP contribution in [0.1, 0.15) is 55.9 Å². The van der Waals surface area contributed by atoms with Gasteiger partial charge in [-0.25, -0.2) is 4.79 Å². The molecule has 2 aromatic rings. The van der Waals surface area contributed by atoms with Crippen molar-refractivity contribution >= 4 is 12.0 Å². The Kier molecular flexibility index (Phi) is 7.42. The van der Waals surface area contributed by atoms with Crippen molar-refractivity contribution in [3.8, 4) is 6.07 Å². The Balaban J connectivity index is 1.45. The third-order valence-electron chi connectivity index (χ3n) is 6.48. The lowest BCUT2D eigenvalue weighted by Crippen LogP contribution is -2.55. The fourth-order valence-electron chi connectivity index (χ4n) is 4.73. The van der Waals surface area contributed by atoms with Crippen molar-refractivity contribution in [3.05, 3.63) is 70.8 Å². The number of carbonyl (C=O) groups excluding carboxylic acids is 2. The molecule has 35 heavy (non-hydrogen) atoms. The predicted octanol–water partition coefficient (Wildman–Crippen LogP) is 4.43. The second-order valence-corrected chi connectivity index (χ2v) is 10.2. The molecule has 2 heterocycles. The van der Waals surface area contributed by atoms with E-state index in [1.54, 1.807) is 17.0 Å². The molecule has 1 fully saturated rings. The molecule has 0 unspecified atom stereocenters. The molecule has 2 aliphatic rings. The van der Waals surface area contributed by atoms with Crippen molar-refractivity contribution in [1.29, 1.82) is 5.26 Å². The molecule has 184 valence electrons. The molecule has 0 aromatic heterocycles. The zero-order valence-electron chi connectivity index (χ0n) is 20.7. The molecule has 2 atom stereocenters. The number of nitriles is 1. The molecule has 0 aliphatic carbocycles. The van der Waals surface area contributed by atoms with Crippen molar-refractivity contribution in [2.75, 3.05) is 13.2 Å². The number of hydrogen-bond donors (Lipinski definition) is 0. The van der Waals surface area contributed by atoms with Crippen molar-refractivity contribution in [1.82, 2.24) is 9.80 Å². The summed E-state index contributed by atoms with van der Waals surface area (Å²) in [7, 11) is 0. The van der Waals surface area contributed by atoms with E-state index in [1.165, 1.54) is 0 Å². The number of carbonyl (C=O) groups is 2. The Morgan fingerprint density at radius 2 is 1.77 bits per heavy atom. The highest BCUT2D eigenvalue weighted by Crippen LogP contribution is 2.29. The van der Waals surface area contributed by atoms with E-state index in [-0.39, 0.29) is 11.9 Å². The van der Waals surface area contributed by atoms with Crippen LogP contribution in [0.3, 0.4) is 0 Å². The maximum Gasteiger partial charge on any atom is 0.411 e. The summed E-state index contributed by atoms with van der Waals surface area (Å²) >= 11 is 0. The van der Waals surface area contributed by atoms with E-state index < -0.39 is 17.7 Å². The highest BCUT2D eigenvalue weighted by Gasteiger charge is 2.41. The lowest BCUT2D eigenvalue weighted by molar-refractivity contribution is -0.139. The molecule has 0 bridgehead atoms. The number of amides is 2. The first kappa shape index (κ1) is 24.7. The summed E-state index contributed by atoms with van der Waals surface area (Å²) < 4.78 is 11.6. The lowest BCUT2D eigenvalue weighted by atomic mass is 9.93. The first-order chi connectivity index (χ1) is 16.7. The van der Waals surface area contributed by atoms with Crippen LogP contribution in [0.25, 0.3) is 0 Å². The lowest BCUT2D eigenvalue weighted by Gasteiger charge is -2.39. The summed E-state index contributed by atoms with van der Waals surface area (Å²) in [6.07, 6.45) is 1.79. The van der Waals surface area contributed by atoms with Gasteiger partial charge in [-0.2, -0.15) is 5.26 Å². The fourth-order valence-corrected chi connectivity index (χ4v) is 4.73. The minimum absolute atomic E-state index is 0.0291. The number of ether oxygens (including phenoxy) is 2. The topological polar surface area (TPSA) is 82.9 Å². The van der Waals surface area contributed by atoms with E-state index >= 15 is 0 Å². The molecule has 0 spiro atoms. The van der Waals surface area contributed by atoms with Gasteiger partial charge in [0.05, 0.1) is 37.4 Å². The summed E-state index contributed by atoms with van der Waals surface area (Å²) in [5.74, 6) is -0.0464. The van der Waals surface area contributed by atoms with E-state index in [2.05, 4.69) is 6.07 Å². The Morgan fingerprint density at radius 3 is 2.46 bits per heavy atom. The third-order valence-corrected chi connectivity index (χ3v) is 6.48. The van der Waals surface area contributed by atoms with Crippen LogP contribution >= 0.6 is 0 Å². The maximum absolute atomic E-state index is 13.8. The average molecular weight is 476 g/mol. The molecular weight excluding hydrogens is 442 g/mol. The van der Waals surface area contributed by atoms with Crippen LogP contribution in [0.4, 0.5) is 4.79 Å². The van der Waals surface area contributed by atoms with E-state index in [9.17, 15) is 9.59 Å². The quantitative estimate of drug-likeness (QED) is 0.639. The van der Waals surface area contributed by atoms with E-state index in [0.717, 1.165) is 29.5 Å². The molecule has 2 amide bonds. The van der Waals surface area contributed by atoms with Gasteiger partial charge in [0.25, 0.3) is 0 Å². The van der Waals surface area contributed by atoms with Gasteiger partial charge in [-0.1, -0.05) is 36.4 Å². The summed E-state index contributed by atoms with van der Waals surface area (Å²) in [5.41, 5.74) is 3.10. The first-order valence-electron chi connectivity index (χ1n) is 12.2. The van der Waals surface area contributed by atoms with Gasteiger partial charge in [0.2, 0.25) is 5.91 Å². The highest BCUT2D eigenvalue weighted by atomic mass is 16.6. The molecule has 0 N–H and O–H groups in total. The minimum Gasteiger partial charge on any atom is -0.444 e. The van der Waals surface area contributed by atoms with Crippen LogP contribution in [0, 0.1) is 11.3 Å². The number of rotatable bonds is 5. The van der Waals surface area contributed by atoms with Gasteiger partial charge in [-0.05, 0) is 62.4 Å². The van der Waals surface area contributed by atoms with Gasteiger partial charge >= 0.3 is 6.09 Å². The molecule has 7 heteroatoms. The second kappa shape index (κ2) is 10.5. The van der Waals surface area contributed by atoms with E-state index in [4.69, 9.17) is 14.7 Å². The molecule has 0 saturated carbocycles. The standard InChI is InChI=1S/C28H33N3O4/c1-28(2,3)35-27(33)31-17-23-8-5-4-7-22(23)15-25(31)26(32)30-14-6-9-24(30)19-34-18-21-12-10-20(16-29)11-13-21/h4-5,7-8,10-13,24-25H,6,9,14-15,17-19H2,1-3H3/t24-,25-/m0/s1. The van der Waals surface area contributed by atoms with Crippen LogP contribution in [0.5, 0.6) is 0 Å². The number of nitrogens with zero attached hydrogens (tertiary/aromatic N) is 3. The third kappa shape index (κ3) is 6.01. The highest BCUT2D eigenvalue weighted by molar-refractivity contribution is 5.87. The smallest absolute Gasteiger partial charge is 0.411 e. The van der Waals surface area contributed by atoms with Gasteiger partial charge in [0.1, 0.15) is 11.6 Å². The largest absolute Gasteiger partial charge is 0.444 e. The Bertz CT molecular complexity index is 1100. The van der Waals surface area contributed by atoms with Gasteiger partial charge in [0, 0.05) is 13.0 Å². The molecule has 4 rings (SSSR count). The Labute approximate surface area is 207 Å². The van der Waals surface area contributed by atoms with Gasteiger partial charge in [-0.3, -0.25) is 9.69 Å². The predicted molar refractivity (Wildman–Crippen MR) is 131 cm³/mol. The SMILES string of the molecule is CC(C)(C)OC(=O)N1Cc2ccccc2C[C@H]1C(=O)N1CCC[C@H]1COCc1ccc(C#N)cc1. The van der Waals surface area contributed by atoms with Crippen molar-refractivity contribution in [2.45, 2.75) is 70.9 Å². The van der Waals surface area contributed by atoms with Crippen molar-refractivity contribution in [3.63, 3.8) is 0 Å². The van der Waals surface area contributed by atoms with Crippen LogP contribution in [-0.2, 0) is 33.8 Å². The summed E-state index contributed by atoms with van der Waals surface area (Å²) in [5, 5.41) is 8.95. The normalized spacial score (nSPS) is 19.7. The molecular formula is C28H33N3O4. The Hall–Kier alpha value is -3.37. The van der Waals surface area contributed by atoms with Crippen LogP contribution in [-0.4, -0.2) is 52.6 Å². The van der Waals surface area contributed by atoms with Crippen LogP contribution in [0.2, 0.25) is 0 Å². The van der Waals surface area contributed by atoms with Crippen molar-refractivity contribution in [2.24, 2.45) is 0 Å². The zero-order chi connectivity index (χ0) is 25.0. The van der Waals surface area contributed by atoms with E-state index in [0.29, 0.717) is 38.3 Å². The number of likely N-dealkylation sites (tertiary alicyclic amines) is 1. The summed E-state index contributed by atoms with van der Waals surface area (Å²) in [6, 6.07) is 16.8. The summed E-state index contributed by atoms with van der Waals surface area (Å²) in [4.78, 5) is 30.4. The number of fused-ring (bicyclic) bond motifs is 1. The molecule has 7 nitrogen and oxygen atoms in total.